The molecule has 0 bridgehead atoms. The number of nitrogens with zero attached hydrogens (tertiary/aromatic N) is 2. The van der Waals surface area contributed by atoms with E-state index in [2.05, 4.69) is 10.1 Å². The Labute approximate surface area is 116 Å². The highest BCUT2D eigenvalue weighted by Crippen LogP contribution is 2.27. The standard InChI is InChI=1S/C14H16N2O4/c1-3-19-12-7-5-4-6-11(12)14-15-13(20-16-14)8-10(17)9-18-2/h4-7H,3,8-9H2,1-2H3. The molecule has 0 aliphatic carbocycles. The molecular formula is C14H16N2O4. The molecule has 0 fully saturated rings. The second-order valence-electron chi connectivity index (χ2n) is 4.09. The predicted molar refractivity (Wildman–Crippen MR) is 71.5 cm³/mol. The molecule has 6 nitrogen and oxygen atoms in total. The Morgan fingerprint density at radius 2 is 2.15 bits per heavy atom. The largest absolute Gasteiger partial charge is 0.493 e. The Balaban J connectivity index is 2.18. The number of carbonyl (C=O) groups is 1. The van der Waals surface area contributed by atoms with Crippen LogP contribution in [0.1, 0.15) is 12.8 Å². The number of Topliss-reactive ketones (excluding diaryl/α,β-unsaturated/α-hetero) is 1. The van der Waals surface area contributed by atoms with Crippen molar-refractivity contribution in [2.75, 3.05) is 20.3 Å². The minimum atomic E-state index is -0.110. The molecule has 6 heteroatoms. The van der Waals surface area contributed by atoms with Crippen LogP contribution in [-0.4, -0.2) is 36.2 Å². The Hall–Kier alpha value is -2.21. The maximum Gasteiger partial charge on any atom is 0.234 e. The van der Waals surface area contributed by atoms with Gasteiger partial charge >= 0.3 is 0 Å². The summed E-state index contributed by atoms with van der Waals surface area (Å²) < 4.78 is 15.3. The van der Waals surface area contributed by atoms with E-state index >= 15 is 0 Å². The first-order chi connectivity index (χ1) is 9.74. The number of para-hydroxylation sites is 1. The average molecular weight is 276 g/mol. The van der Waals surface area contributed by atoms with Gasteiger partial charge in [0, 0.05) is 7.11 Å². The van der Waals surface area contributed by atoms with E-state index in [1.165, 1.54) is 7.11 Å². The Kier molecular flexibility index (Phi) is 4.84. The molecule has 0 unspecified atom stereocenters. The van der Waals surface area contributed by atoms with Crippen molar-refractivity contribution in [3.63, 3.8) is 0 Å². The van der Waals surface area contributed by atoms with Crippen LogP contribution in [0.5, 0.6) is 5.75 Å². The maximum atomic E-state index is 11.5. The van der Waals surface area contributed by atoms with Gasteiger partial charge in [0.25, 0.3) is 0 Å². The number of benzene rings is 1. The SMILES string of the molecule is CCOc1ccccc1-c1noc(CC(=O)COC)n1. The molecule has 1 aromatic heterocycles. The first-order valence-electron chi connectivity index (χ1n) is 6.30. The summed E-state index contributed by atoms with van der Waals surface area (Å²) in [7, 11) is 1.47. The topological polar surface area (TPSA) is 74.5 Å². The van der Waals surface area contributed by atoms with Crippen LogP contribution in [0, 0.1) is 0 Å². The van der Waals surface area contributed by atoms with Crippen molar-refractivity contribution in [3.8, 4) is 17.1 Å². The predicted octanol–water partition coefficient (Wildman–Crippen LogP) is 1.89. The van der Waals surface area contributed by atoms with Crippen molar-refractivity contribution in [2.24, 2.45) is 0 Å². The maximum absolute atomic E-state index is 11.5. The van der Waals surface area contributed by atoms with Crippen molar-refractivity contribution >= 4 is 5.78 Å². The van der Waals surface area contributed by atoms with E-state index in [0.29, 0.717) is 18.2 Å². The van der Waals surface area contributed by atoms with E-state index in [0.717, 1.165) is 5.56 Å². The van der Waals surface area contributed by atoms with Gasteiger partial charge in [0.05, 0.1) is 18.6 Å². The minimum absolute atomic E-state index is 0.0350. The first kappa shape index (κ1) is 14.2. The van der Waals surface area contributed by atoms with Gasteiger partial charge in [0.15, 0.2) is 5.78 Å². The van der Waals surface area contributed by atoms with E-state index < -0.39 is 0 Å². The van der Waals surface area contributed by atoms with Crippen molar-refractivity contribution in [1.29, 1.82) is 0 Å². The second-order valence-corrected chi connectivity index (χ2v) is 4.09. The van der Waals surface area contributed by atoms with Crippen molar-refractivity contribution in [3.05, 3.63) is 30.2 Å². The molecule has 1 heterocycles. The van der Waals surface area contributed by atoms with Gasteiger partial charge in [0.1, 0.15) is 12.4 Å². The highest BCUT2D eigenvalue weighted by Gasteiger charge is 2.15. The lowest BCUT2D eigenvalue weighted by atomic mass is 10.2. The third-order valence-corrected chi connectivity index (χ3v) is 2.55. The highest BCUT2D eigenvalue weighted by atomic mass is 16.5. The molecule has 0 saturated heterocycles. The molecule has 20 heavy (non-hydrogen) atoms. The highest BCUT2D eigenvalue weighted by molar-refractivity contribution is 5.81. The number of ether oxygens (including phenoxy) is 2. The van der Waals surface area contributed by atoms with E-state index in [9.17, 15) is 4.79 Å². The zero-order valence-corrected chi connectivity index (χ0v) is 11.5. The molecule has 0 N–H and O–H groups in total. The zero-order valence-electron chi connectivity index (χ0n) is 11.5. The zero-order chi connectivity index (χ0) is 14.4. The molecule has 0 aliphatic rings. The van der Waals surface area contributed by atoms with E-state index in [1.807, 2.05) is 31.2 Å². The number of hydrogen-bond acceptors (Lipinski definition) is 6. The summed E-state index contributed by atoms with van der Waals surface area (Å²) in [5, 5.41) is 3.88. The van der Waals surface area contributed by atoms with Crippen molar-refractivity contribution < 1.29 is 18.8 Å². The van der Waals surface area contributed by atoms with Crippen LogP contribution < -0.4 is 4.74 Å². The number of methoxy groups -OCH3 is 1. The average Bonchev–Trinajstić information content (AvgIpc) is 2.88. The Morgan fingerprint density at radius 1 is 1.35 bits per heavy atom. The van der Waals surface area contributed by atoms with Crippen LogP contribution in [-0.2, 0) is 16.0 Å². The van der Waals surface area contributed by atoms with Gasteiger partial charge in [-0.05, 0) is 19.1 Å². The van der Waals surface area contributed by atoms with Gasteiger partial charge in [-0.15, -0.1) is 0 Å². The fourth-order valence-corrected chi connectivity index (χ4v) is 1.75. The molecule has 0 amide bonds. The van der Waals surface area contributed by atoms with Crippen LogP contribution in [0.4, 0.5) is 0 Å². The summed E-state index contributed by atoms with van der Waals surface area (Å²) in [6.45, 7) is 2.49. The molecule has 0 atom stereocenters. The third kappa shape index (κ3) is 3.42. The van der Waals surface area contributed by atoms with Crippen LogP contribution in [0.3, 0.4) is 0 Å². The van der Waals surface area contributed by atoms with Crippen LogP contribution in [0.2, 0.25) is 0 Å². The van der Waals surface area contributed by atoms with Gasteiger partial charge in [-0.1, -0.05) is 17.3 Å². The lowest BCUT2D eigenvalue weighted by Crippen LogP contribution is -2.09. The quantitative estimate of drug-likeness (QED) is 0.768. The van der Waals surface area contributed by atoms with Gasteiger partial charge in [-0.25, -0.2) is 0 Å². The number of rotatable bonds is 7. The van der Waals surface area contributed by atoms with Gasteiger partial charge < -0.3 is 14.0 Å². The van der Waals surface area contributed by atoms with Gasteiger partial charge in [-0.3, -0.25) is 4.79 Å². The van der Waals surface area contributed by atoms with Crippen molar-refractivity contribution in [2.45, 2.75) is 13.3 Å². The molecule has 0 aliphatic heterocycles. The van der Waals surface area contributed by atoms with Crippen LogP contribution >= 0.6 is 0 Å². The summed E-state index contributed by atoms with van der Waals surface area (Å²) in [6.07, 6.45) is 0.0671. The summed E-state index contributed by atoms with van der Waals surface area (Å²) in [4.78, 5) is 15.7. The van der Waals surface area contributed by atoms with E-state index in [-0.39, 0.29) is 24.7 Å². The van der Waals surface area contributed by atoms with Gasteiger partial charge in [-0.2, -0.15) is 4.98 Å². The van der Waals surface area contributed by atoms with Crippen molar-refractivity contribution in [1.82, 2.24) is 10.1 Å². The summed E-state index contributed by atoms with van der Waals surface area (Å²) in [5.41, 5.74) is 0.739. The molecule has 106 valence electrons. The van der Waals surface area contributed by atoms with Gasteiger partial charge in [0.2, 0.25) is 11.7 Å². The minimum Gasteiger partial charge on any atom is -0.493 e. The fourth-order valence-electron chi connectivity index (χ4n) is 1.75. The molecule has 0 spiro atoms. The second kappa shape index (κ2) is 6.81. The summed E-state index contributed by atoms with van der Waals surface area (Å²) in [5.74, 6) is 1.26. The first-order valence-corrected chi connectivity index (χ1v) is 6.30. The van der Waals surface area contributed by atoms with E-state index in [4.69, 9.17) is 14.0 Å². The molecule has 2 aromatic rings. The Bertz CT molecular complexity index is 580. The smallest absolute Gasteiger partial charge is 0.234 e. The van der Waals surface area contributed by atoms with Crippen LogP contribution in [0.25, 0.3) is 11.4 Å². The summed E-state index contributed by atoms with van der Waals surface area (Å²) >= 11 is 0. The Morgan fingerprint density at radius 3 is 2.90 bits per heavy atom. The molecule has 0 radical (unpaired) electrons. The summed E-state index contributed by atoms with van der Waals surface area (Å²) in [6, 6.07) is 7.42. The lowest BCUT2D eigenvalue weighted by Gasteiger charge is -2.05. The number of aromatic nitrogens is 2. The molecule has 1 aromatic carbocycles. The van der Waals surface area contributed by atoms with E-state index in [1.54, 1.807) is 0 Å². The molecule has 2 rings (SSSR count). The fraction of sp³-hybridized carbons (Fsp3) is 0.357. The van der Waals surface area contributed by atoms with Crippen LogP contribution in [0.15, 0.2) is 28.8 Å². The number of ketones is 1. The number of hydrogen-bond donors (Lipinski definition) is 0. The third-order valence-electron chi connectivity index (χ3n) is 2.55. The molecular weight excluding hydrogens is 260 g/mol. The normalized spacial score (nSPS) is 10.5. The lowest BCUT2D eigenvalue weighted by molar-refractivity contribution is -0.122. The monoisotopic (exact) mass is 276 g/mol. The number of carbonyl (C=O) groups excluding carboxylic acids is 1. The molecule has 0 saturated carbocycles.